The molecule has 2 N–H and O–H groups in total. The average molecular weight is 403 g/mol. The van der Waals surface area contributed by atoms with E-state index < -0.39 is 15.9 Å². The van der Waals surface area contributed by atoms with E-state index in [0.29, 0.717) is 5.16 Å². The first-order valence-electron chi connectivity index (χ1n) is 6.90. The number of aromatic nitrogens is 2. The van der Waals surface area contributed by atoms with Crippen LogP contribution < -0.4 is 10.9 Å². The normalized spacial score (nSPS) is 11.5. The molecule has 0 spiro atoms. The highest BCUT2D eigenvalue weighted by Crippen LogP contribution is 2.26. The van der Waals surface area contributed by atoms with E-state index in [0.717, 1.165) is 16.1 Å². The van der Waals surface area contributed by atoms with Gasteiger partial charge in [0.1, 0.15) is 0 Å². The molecule has 0 aliphatic rings. The van der Waals surface area contributed by atoms with Gasteiger partial charge in [0.05, 0.1) is 21.4 Å². The van der Waals surface area contributed by atoms with Crippen LogP contribution in [-0.2, 0) is 14.8 Å². The summed E-state index contributed by atoms with van der Waals surface area (Å²) >= 11 is 7.05. The number of benzene rings is 1. The molecule has 0 atom stereocenters. The Hall–Kier alpha value is -1.88. The molecule has 0 saturated carbocycles. The number of nitrogens with one attached hydrogen (secondary N) is 2. The number of carbonyl (C=O) groups is 1. The second kappa shape index (κ2) is 8.00. The number of nitrogens with zero attached hydrogens (tertiary/aromatic N) is 2. The molecule has 0 bridgehead atoms. The van der Waals surface area contributed by atoms with Gasteiger partial charge >= 0.3 is 0 Å². The summed E-state index contributed by atoms with van der Waals surface area (Å²) in [4.78, 5) is 29.6. The standard InChI is InChI=1S/C14H15ClN4O4S2/c1-19(2)25(22,23)9-3-4-10(15)11(7-9)17-13(21)8-24-14-16-6-5-12(20)18-14/h3-7H,8H2,1-2H3,(H,17,21)(H,16,18,20). The molecule has 11 heteroatoms. The zero-order valence-electron chi connectivity index (χ0n) is 13.3. The topological polar surface area (TPSA) is 112 Å². The van der Waals surface area contributed by atoms with Crippen molar-refractivity contribution in [3.8, 4) is 0 Å². The maximum atomic E-state index is 12.1. The number of carbonyl (C=O) groups excluding carboxylic acids is 1. The van der Waals surface area contributed by atoms with Crippen LogP contribution in [0.25, 0.3) is 0 Å². The molecule has 0 saturated heterocycles. The molecule has 2 rings (SSSR count). The van der Waals surface area contributed by atoms with Gasteiger partial charge in [-0.3, -0.25) is 9.59 Å². The van der Waals surface area contributed by atoms with Gasteiger partial charge < -0.3 is 10.3 Å². The second-order valence-corrected chi connectivity index (χ2v) is 8.53. The molecule has 0 fully saturated rings. The Morgan fingerprint density at radius 1 is 1.36 bits per heavy atom. The van der Waals surface area contributed by atoms with Crippen molar-refractivity contribution in [2.24, 2.45) is 0 Å². The lowest BCUT2D eigenvalue weighted by atomic mass is 10.3. The summed E-state index contributed by atoms with van der Waals surface area (Å²) in [6.45, 7) is 0. The van der Waals surface area contributed by atoms with Crippen LogP contribution in [0.5, 0.6) is 0 Å². The lowest BCUT2D eigenvalue weighted by Crippen LogP contribution is -2.22. The largest absolute Gasteiger partial charge is 0.324 e. The van der Waals surface area contributed by atoms with Crippen molar-refractivity contribution in [2.45, 2.75) is 10.1 Å². The highest BCUT2D eigenvalue weighted by atomic mass is 35.5. The number of sulfonamides is 1. The van der Waals surface area contributed by atoms with Gasteiger partial charge in [0.25, 0.3) is 5.56 Å². The van der Waals surface area contributed by atoms with E-state index >= 15 is 0 Å². The van der Waals surface area contributed by atoms with Crippen LogP contribution in [0.15, 0.2) is 45.3 Å². The zero-order chi connectivity index (χ0) is 18.6. The average Bonchev–Trinajstić information content (AvgIpc) is 2.55. The molecule has 0 aliphatic carbocycles. The van der Waals surface area contributed by atoms with E-state index in [4.69, 9.17) is 11.6 Å². The SMILES string of the molecule is CN(C)S(=O)(=O)c1ccc(Cl)c(NC(=O)CSc2nccc(=O)[nH]2)c1. The van der Waals surface area contributed by atoms with Gasteiger partial charge in [-0.25, -0.2) is 17.7 Å². The number of anilines is 1. The monoisotopic (exact) mass is 402 g/mol. The highest BCUT2D eigenvalue weighted by molar-refractivity contribution is 7.99. The van der Waals surface area contributed by atoms with Crippen LogP contribution in [-0.4, -0.2) is 48.4 Å². The van der Waals surface area contributed by atoms with Gasteiger partial charge in [0.15, 0.2) is 5.16 Å². The Morgan fingerprint density at radius 3 is 2.72 bits per heavy atom. The molecule has 0 radical (unpaired) electrons. The third-order valence-corrected chi connectivity index (χ3v) is 6.01. The fourth-order valence-corrected chi connectivity index (χ4v) is 3.46. The summed E-state index contributed by atoms with van der Waals surface area (Å²) in [5.41, 5.74) is -0.132. The molecule has 1 aromatic heterocycles. The minimum atomic E-state index is -3.64. The molecule has 1 amide bonds. The number of thioether (sulfide) groups is 1. The Bertz CT molecular complexity index is 944. The number of rotatable bonds is 6. The molecule has 2 aromatic rings. The summed E-state index contributed by atoms with van der Waals surface area (Å²) in [6, 6.07) is 5.32. The number of hydrogen-bond donors (Lipinski definition) is 2. The quantitative estimate of drug-likeness (QED) is 0.558. The Morgan fingerprint density at radius 2 is 2.08 bits per heavy atom. The minimum absolute atomic E-state index is 0.0129. The minimum Gasteiger partial charge on any atom is -0.324 e. The Kier molecular flexibility index (Phi) is 6.22. The van der Waals surface area contributed by atoms with E-state index in [2.05, 4.69) is 15.3 Å². The van der Waals surface area contributed by atoms with Gasteiger partial charge in [0.2, 0.25) is 15.9 Å². The van der Waals surface area contributed by atoms with Gasteiger partial charge in [-0.05, 0) is 18.2 Å². The Balaban J connectivity index is 2.11. The van der Waals surface area contributed by atoms with Crippen molar-refractivity contribution in [3.63, 3.8) is 0 Å². The summed E-state index contributed by atoms with van der Waals surface area (Å²) in [5, 5.41) is 3.07. The number of amides is 1. The van der Waals surface area contributed by atoms with Crippen LogP contribution >= 0.6 is 23.4 Å². The highest BCUT2D eigenvalue weighted by Gasteiger charge is 2.19. The summed E-state index contributed by atoms with van der Waals surface area (Å²) < 4.78 is 25.4. The molecule has 0 unspecified atom stereocenters. The maximum Gasteiger partial charge on any atom is 0.251 e. The predicted molar refractivity (Wildman–Crippen MR) is 96.5 cm³/mol. The third kappa shape index (κ3) is 5.05. The molecule has 134 valence electrons. The van der Waals surface area contributed by atoms with Crippen molar-refractivity contribution >= 4 is 45.0 Å². The van der Waals surface area contributed by atoms with E-state index in [1.54, 1.807) is 0 Å². The van der Waals surface area contributed by atoms with Gasteiger partial charge in [-0.1, -0.05) is 23.4 Å². The van der Waals surface area contributed by atoms with E-state index in [1.807, 2.05) is 0 Å². The second-order valence-electron chi connectivity index (χ2n) is 5.01. The van der Waals surface area contributed by atoms with Crippen LogP contribution in [0.2, 0.25) is 5.02 Å². The van der Waals surface area contributed by atoms with E-state index in [-0.39, 0.29) is 26.9 Å². The number of aromatic amines is 1. The number of halogens is 1. The van der Waals surface area contributed by atoms with Crippen LogP contribution in [0.4, 0.5) is 5.69 Å². The van der Waals surface area contributed by atoms with Gasteiger partial charge in [0, 0.05) is 26.4 Å². The lowest BCUT2D eigenvalue weighted by Gasteiger charge is -2.13. The Labute approximate surface area is 153 Å². The maximum absolute atomic E-state index is 12.1. The number of hydrogen-bond acceptors (Lipinski definition) is 6. The molecular weight excluding hydrogens is 388 g/mol. The smallest absolute Gasteiger partial charge is 0.251 e. The first-order chi connectivity index (χ1) is 11.7. The van der Waals surface area contributed by atoms with Gasteiger partial charge in [-0.15, -0.1) is 0 Å². The van der Waals surface area contributed by atoms with Crippen LogP contribution in [0.3, 0.4) is 0 Å². The van der Waals surface area contributed by atoms with Gasteiger partial charge in [-0.2, -0.15) is 0 Å². The summed E-state index contributed by atoms with van der Waals surface area (Å²) in [7, 11) is -0.825. The van der Waals surface area contributed by atoms with Crippen molar-refractivity contribution < 1.29 is 13.2 Å². The summed E-state index contributed by atoms with van der Waals surface area (Å²) in [6.07, 6.45) is 1.34. The zero-order valence-corrected chi connectivity index (χ0v) is 15.7. The van der Waals surface area contributed by atoms with Crippen molar-refractivity contribution in [1.29, 1.82) is 0 Å². The number of H-pyrrole nitrogens is 1. The molecule has 0 aliphatic heterocycles. The predicted octanol–water partition coefficient (Wildman–Crippen LogP) is 1.40. The molecular formula is C14H15ClN4O4S2. The molecule has 1 aromatic carbocycles. The molecule has 25 heavy (non-hydrogen) atoms. The van der Waals surface area contributed by atoms with Crippen LogP contribution in [0, 0.1) is 0 Å². The van der Waals surface area contributed by atoms with Crippen molar-refractivity contribution in [3.05, 3.63) is 45.8 Å². The fourth-order valence-electron chi connectivity index (χ4n) is 1.72. The summed E-state index contributed by atoms with van der Waals surface area (Å²) in [5.74, 6) is -0.452. The lowest BCUT2D eigenvalue weighted by molar-refractivity contribution is -0.113. The van der Waals surface area contributed by atoms with Crippen LogP contribution in [0.1, 0.15) is 0 Å². The fraction of sp³-hybridized carbons (Fsp3) is 0.214. The first-order valence-corrected chi connectivity index (χ1v) is 9.70. The molecule has 8 nitrogen and oxygen atoms in total. The van der Waals surface area contributed by atoms with Crippen molar-refractivity contribution in [1.82, 2.24) is 14.3 Å². The first kappa shape index (κ1) is 19.4. The van der Waals surface area contributed by atoms with Crippen molar-refractivity contribution in [2.75, 3.05) is 25.2 Å². The third-order valence-electron chi connectivity index (χ3n) is 2.98. The molecule has 1 heterocycles. The van der Waals surface area contributed by atoms with E-state index in [9.17, 15) is 18.0 Å². The van der Waals surface area contributed by atoms with E-state index in [1.165, 1.54) is 44.6 Å².